The third kappa shape index (κ3) is 4.75. The molecule has 1 aromatic heterocycles. The maximum absolute atomic E-state index is 12.7. The fourth-order valence-electron chi connectivity index (χ4n) is 2.82. The van der Waals surface area contributed by atoms with E-state index in [0.29, 0.717) is 9.25 Å². The van der Waals surface area contributed by atoms with Gasteiger partial charge in [0.05, 0.1) is 6.54 Å². The SMILES string of the molecule is Cn1c(C(F)(F)F)nn(CCNC(=O)NC2CCCCCC2)c1=O. The van der Waals surface area contributed by atoms with Crippen molar-refractivity contribution in [3.05, 3.63) is 16.3 Å². The lowest BCUT2D eigenvalue weighted by atomic mass is 10.1. The van der Waals surface area contributed by atoms with Gasteiger partial charge in [-0.15, -0.1) is 5.10 Å². The number of rotatable bonds is 4. The third-order valence-corrected chi connectivity index (χ3v) is 4.09. The molecule has 0 unspecified atom stereocenters. The first kappa shape index (κ1) is 18.3. The highest BCUT2D eigenvalue weighted by Gasteiger charge is 2.37. The Morgan fingerprint density at radius 2 is 1.88 bits per heavy atom. The molecule has 1 aromatic rings. The van der Waals surface area contributed by atoms with E-state index >= 15 is 0 Å². The van der Waals surface area contributed by atoms with E-state index in [-0.39, 0.29) is 25.2 Å². The molecule has 0 saturated heterocycles. The molecule has 2 N–H and O–H groups in total. The van der Waals surface area contributed by atoms with Crippen LogP contribution in [0.3, 0.4) is 0 Å². The van der Waals surface area contributed by atoms with Gasteiger partial charge in [0.15, 0.2) is 0 Å². The second-order valence-electron chi connectivity index (χ2n) is 5.97. The summed E-state index contributed by atoms with van der Waals surface area (Å²) < 4.78 is 39.2. The number of hydrogen-bond donors (Lipinski definition) is 2. The normalized spacial score (nSPS) is 16.7. The Morgan fingerprint density at radius 3 is 2.42 bits per heavy atom. The van der Waals surface area contributed by atoms with Gasteiger partial charge in [0.2, 0.25) is 5.82 Å². The van der Waals surface area contributed by atoms with Crippen molar-refractivity contribution in [1.82, 2.24) is 25.0 Å². The molecular formula is C14H22F3N5O2. The monoisotopic (exact) mass is 349 g/mol. The summed E-state index contributed by atoms with van der Waals surface area (Å²) in [5, 5.41) is 8.69. The highest BCUT2D eigenvalue weighted by molar-refractivity contribution is 5.74. The quantitative estimate of drug-likeness (QED) is 0.811. The minimum atomic E-state index is -4.69. The van der Waals surface area contributed by atoms with E-state index in [1.165, 1.54) is 12.8 Å². The Kier molecular flexibility index (Phi) is 5.89. The maximum Gasteiger partial charge on any atom is 0.451 e. The van der Waals surface area contributed by atoms with Gasteiger partial charge in [0.25, 0.3) is 0 Å². The van der Waals surface area contributed by atoms with Crippen LogP contribution >= 0.6 is 0 Å². The summed E-state index contributed by atoms with van der Waals surface area (Å²) in [6.45, 7) is -0.104. The van der Waals surface area contributed by atoms with Crippen LogP contribution < -0.4 is 16.3 Å². The number of urea groups is 1. The average Bonchev–Trinajstić information content (AvgIpc) is 2.69. The zero-order chi connectivity index (χ0) is 17.7. The van der Waals surface area contributed by atoms with Crippen molar-refractivity contribution in [2.75, 3.05) is 6.54 Å². The third-order valence-electron chi connectivity index (χ3n) is 4.09. The number of carbonyl (C=O) groups excluding carboxylic acids is 1. The largest absolute Gasteiger partial charge is 0.451 e. The molecule has 0 atom stereocenters. The van der Waals surface area contributed by atoms with E-state index < -0.39 is 17.7 Å². The number of alkyl halides is 3. The van der Waals surface area contributed by atoms with Gasteiger partial charge in [-0.2, -0.15) is 13.2 Å². The molecule has 1 aliphatic rings. The standard InChI is InChI=1S/C14H22F3N5O2/c1-21-11(14(15,16)17)20-22(13(21)24)9-8-18-12(23)19-10-6-4-2-3-5-7-10/h10H,2-9H2,1H3,(H2,18,19,23). The Labute approximate surface area is 137 Å². The van der Waals surface area contributed by atoms with Crippen LogP contribution in [-0.2, 0) is 19.8 Å². The fraction of sp³-hybridized carbons (Fsp3) is 0.786. The van der Waals surface area contributed by atoms with Gasteiger partial charge in [-0.3, -0.25) is 4.57 Å². The molecule has 10 heteroatoms. The summed E-state index contributed by atoms with van der Waals surface area (Å²) >= 11 is 0. The molecule has 0 bridgehead atoms. The average molecular weight is 349 g/mol. The van der Waals surface area contributed by atoms with Crippen LogP contribution in [-0.4, -0.2) is 33.0 Å². The van der Waals surface area contributed by atoms with Gasteiger partial charge in [-0.25, -0.2) is 14.3 Å². The van der Waals surface area contributed by atoms with E-state index in [4.69, 9.17) is 0 Å². The fourth-order valence-corrected chi connectivity index (χ4v) is 2.82. The van der Waals surface area contributed by atoms with Crippen molar-refractivity contribution in [1.29, 1.82) is 0 Å². The lowest BCUT2D eigenvalue weighted by Gasteiger charge is -2.16. The predicted octanol–water partition coefficient (Wildman–Crippen LogP) is 1.62. The van der Waals surface area contributed by atoms with Gasteiger partial charge in [-0.1, -0.05) is 25.7 Å². The Hall–Kier alpha value is -2.00. The number of carbonyl (C=O) groups is 1. The summed E-state index contributed by atoms with van der Waals surface area (Å²) in [5.74, 6) is -1.25. The molecule has 1 fully saturated rings. The van der Waals surface area contributed by atoms with Crippen molar-refractivity contribution >= 4 is 6.03 Å². The Morgan fingerprint density at radius 1 is 1.25 bits per heavy atom. The minimum absolute atomic E-state index is 0.0206. The van der Waals surface area contributed by atoms with E-state index in [1.54, 1.807) is 0 Å². The zero-order valence-corrected chi connectivity index (χ0v) is 13.5. The predicted molar refractivity (Wildman–Crippen MR) is 80.5 cm³/mol. The molecule has 24 heavy (non-hydrogen) atoms. The second-order valence-corrected chi connectivity index (χ2v) is 5.97. The van der Waals surface area contributed by atoms with Crippen LogP contribution in [0.4, 0.5) is 18.0 Å². The van der Waals surface area contributed by atoms with Crippen LogP contribution in [0.2, 0.25) is 0 Å². The van der Waals surface area contributed by atoms with Gasteiger partial charge < -0.3 is 10.6 Å². The van der Waals surface area contributed by atoms with Crippen molar-refractivity contribution in [2.45, 2.75) is 57.3 Å². The topological polar surface area (TPSA) is 81.0 Å². The van der Waals surface area contributed by atoms with Crippen molar-refractivity contribution < 1.29 is 18.0 Å². The highest BCUT2D eigenvalue weighted by Crippen LogP contribution is 2.25. The molecule has 2 rings (SSSR count). The van der Waals surface area contributed by atoms with Crippen LogP contribution in [0.15, 0.2) is 4.79 Å². The number of aromatic nitrogens is 3. The zero-order valence-electron chi connectivity index (χ0n) is 13.5. The molecule has 7 nitrogen and oxygen atoms in total. The van der Waals surface area contributed by atoms with Gasteiger partial charge in [0, 0.05) is 19.6 Å². The van der Waals surface area contributed by atoms with Gasteiger partial charge in [-0.05, 0) is 12.8 Å². The van der Waals surface area contributed by atoms with E-state index in [2.05, 4.69) is 15.7 Å². The summed E-state index contributed by atoms with van der Waals surface area (Å²) in [4.78, 5) is 23.5. The maximum atomic E-state index is 12.7. The van der Waals surface area contributed by atoms with Crippen LogP contribution in [0.5, 0.6) is 0 Å². The number of halogens is 3. The van der Waals surface area contributed by atoms with Gasteiger partial charge >= 0.3 is 17.9 Å². The number of amides is 2. The van der Waals surface area contributed by atoms with Gasteiger partial charge in [0.1, 0.15) is 0 Å². The molecule has 1 aliphatic carbocycles. The van der Waals surface area contributed by atoms with Crippen LogP contribution in [0.25, 0.3) is 0 Å². The first-order valence-corrected chi connectivity index (χ1v) is 8.04. The molecule has 136 valence electrons. The number of nitrogens with one attached hydrogen (secondary N) is 2. The molecule has 1 heterocycles. The number of nitrogens with zero attached hydrogens (tertiary/aromatic N) is 3. The minimum Gasteiger partial charge on any atom is -0.336 e. The Bertz CT molecular complexity index is 615. The smallest absolute Gasteiger partial charge is 0.336 e. The molecule has 0 aromatic carbocycles. The molecule has 0 aliphatic heterocycles. The molecule has 1 saturated carbocycles. The first-order valence-electron chi connectivity index (χ1n) is 8.04. The molecule has 0 spiro atoms. The lowest BCUT2D eigenvalue weighted by molar-refractivity contribution is -0.147. The summed E-state index contributed by atoms with van der Waals surface area (Å²) in [7, 11) is 1.01. The van der Waals surface area contributed by atoms with Crippen molar-refractivity contribution in [2.24, 2.45) is 7.05 Å². The molecule has 0 radical (unpaired) electrons. The van der Waals surface area contributed by atoms with E-state index in [9.17, 15) is 22.8 Å². The molecular weight excluding hydrogens is 327 g/mol. The summed E-state index contributed by atoms with van der Waals surface area (Å²) in [6, 6.07) is -0.246. The lowest BCUT2D eigenvalue weighted by Crippen LogP contribution is -2.43. The highest BCUT2D eigenvalue weighted by atomic mass is 19.4. The molecule has 2 amide bonds. The Balaban J connectivity index is 1.83. The van der Waals surface area contributed by atoms with Crippen LogP contribution in [0, 0.1) is 0 Å². The van der Waals surface area contributed by atoms with Crippen LogP contribution in [0.1, 0.15) is 44.3 Å². The van der Waals surface area contributed by atoms with E-state index in [1.807, 2.05) is 0 Å². The van der Waals surface area contributed by atoms with Crippen molar-refractivity contribution in [3.63, 3.8) is 0 Å². The van der Waals surface area contributed by atoms with Crippen molar-refractivity contribution in [3.8, 4) is 0 Å². The second kappa shape index (κ2) is 7.71. The summed E-state index contributed by atoms with van der Waals surface area (Å²) in [5.41, 5.74) is -0.867. The van der Waals surface area contributed by atoms with E-state index in [0.717, 1.165) is 32.7 Å². The number of hydrogen-bond acceptors (Lipinski definition) is 3. The summed E-state index contributed by atoms with van der Waals surface area (Å²) in [6.07, 6.45) is 1.67. The first-order chi connectivity index (χ1) is 11.3.